The zero-order valence-electron chi connectivity index (χ0n) is 19.0. The van der Waals surface area contributed by atoms with Crippen LogP contribution in [0.25, 0.3) is 11.3 Å². The molecule has 1 N–H and O–H groups in total. The molecule has 1 amide bonds. The van der Waals surface area contributed by atoms with Gasteiger partial charge in [0, 0.05) is 17.0 Å². The number of thiazole rings is 1. The second-order valence-corrected chi connectivity index (χ2v) is 9.68. The van der Waals surface area contributed by atoms with E-state index in [0.717, 1.165) is 27.4 Å². The summed E-state index contributed by atoms with van der Waals surface area (Å²) in [4.78, 5) is 18.2. The van der Waals surface area contributed by atoms with Crippen LogP contribution < -0.4 is 10.1 Å². The molecule has 0 fully saturated rings. The van der Waals surface area contributed by atoms with Gasteiger partial charge >= 0.3 is 0 Å². The molecule has 2 heterocycles. The lowest BCUT2D eigenvalue weighted by Crippen LogP contribution is -2.15. The fourth-order valence-corrected chi connectivity index (χ4v) is 4.92. The van der Waals surface area contributed by atoms with Crippen molar-refractivity contribution < 1.29 is 9.53 Å². The highest BCUT2D eigenvalue weighted by Gasteiger charge is 2.16. The number of thioether (sulfide) groups is 1. The van der Waals surface area contributed by atoms with Crippen molar-refractivity contribution in [2.75, 3.05) is 11.1 Å². The average Bonchev–Trinajstić information content (AvgIpc) is 3.39. The third-order valence-corrected chi connectivity index (χ3v) is 6.74. The van der Waals surface area contributed by atoms with E-state index in [0.29, 0.717) is 22.7 Å². The van der Waals surface area contributed by atoms with E-state index < -0.39 is 0 Å². The SMILES string of the molecule is C=CCn1c(COc2cccc(C)c2)nnc1SCC(=O)Nc1nc(-c2ccccc2)c(C)s1. The number of amides is 1. The highest BCUT2D eigenvalue weighted by atomic mass is 32.2. The maximum absolute atomic E-state index is 12.6. The second-order valence-electron chi connectivity index (χ2n) is 7.53. The van der Waals surface area contributed by atoms with Gasteiger partial charge in [0.05, 0.1) is 11.4 Å². The topological polar surface area (TPSA) is 81.9 Å². The van der Waals surface area contributed by atoms with Gasteiger partial charge in [0.25, 0.3) is 0 Å². The van der Waals surface area contributed by atoms with E-state index >= 15 is 0 Å². The molecule has 174 valence electrons. The van der Waals surface area contributed by atoms with E-state index in [1.54, 1.807) is 6.08 Å². The van der Waals surface area contributed by atoms with Crippen LogP contribution in [0.2, 0.25) is 0 Å². The van der Waals surface area contributed by atoms with Crippen LogP contribution in [0.4, 0.5) is 5.13 Å². The van der Waals surface area contributed by atoms with Crippen molar-refractivity contribution >= 4 is 34.1 Å². The molecule has 0 aliphatic heterocycles. The number of nitrogens with zero attached hydrogens (tertiary/aromatic N) is 4. The van der Waals surface area contributed by atoms with Crippen LogP contribution in [-0.2, 0) is 17.9 Å². The first-order chi connectivity index (χ1) is 16.5. The van der Waals surface area contributed by atoms with Crippen LogP contribution in [0, 0.1) is 13.8 Å². The summed E-state index contributed by atoms with van der Waals surface area (Å²) in [7, 11) is 0. The monoisotopic (exact) mass is 491 g/mol. The van der Waals surface area contributed by atoms with Crippen LogP contribution in [-0.4, -0.2) is 31.4 Å². The summed E-state index contributed by atoms with van der Waals surface area (Å²) in [6.45, 7) is 8.64. The highest BCUT2D eigenvalue weighted by molar-refractivity contribution is 7.99. The quantitative estimate of drug-likeness (QED) is 0.233. The van der Waals surface area contributed by atoms with Gasteiger partial charge in [-0.15, -0.1) is 28.1 Å². The number of benzene rings is 2. The van der Waals surface area contributed by atoms with Gasteiger partial charge in [-0.1, -0.05) is 60.3 Å². The van der Waals surface area contributed by atoms with Gasteiger partial charge in [-0.2, -0.15) is 0 Å². The third-order valence-electron chi connectivity index (χ3n) is 4.89. The molecule has 0 saturated heterocycles. The zero-order valence-corrected chi connectivity index (χ0v) is 20.7. The van der Waals surface area contributed by atoms with Gasteiger partial charge in [-0.25, -0.2) is 4.98 Å². The molecule has 0 radical (unpaired) electrons. The second kappa shape index (κ2) is 11.1. The van der Waals surface area contributed by atoms with Gasteiger partial charge in [-0.05, 0) is 31.5 Å². The minimum absolute atomic E-state index is 0.149. The number of rotatable bonds is 10. The lowest BCUT2D eigenvalue weighted by atomic mass is 10.1. The Hall–Kier alpha value is -3.43. The molecule has 0 spiro atoms. The number of anilines is 1. The first kappa shape index (κ1) is 23.7. The molecule has 4 rings (SSSR count). The minimum Gasteiger partial charge on any atom is -0.486 e. The van der Waals surface area contributed by atoms with Crippen molar-refractivity contribution in [3.8, 4) is 17.0 Å². The predicted octanol–water partition coefficient (Wildman–Crippen LogP) is 5.51. The lowest BCUT2D eigenvalue weighted by molar-refractivity contribution is -0.113. The summed E-state index contributed by atoms with van der Waals surface area (Å²) in [5, 5.41) is 12.6. The number of hydrogen-bond acceptors (Lipinski definition) is 7. The van der Waals surface area contributed by atoms with E-state index in [2.05, 4.69) is 27.1 Å². The molecule has 7 nitrogen and oxygen atoms in total. The van der Waals surface area contributed by atoms with E-state index in [9.17, 15) is 4.79 Å². The van der Waals surface area contributed by atoms with Crippen LogP contribution in [0.15, 0.2) is 72.4 Å². The summed E-state index contributed by atoms with van der Waals surface area (Å²) < 4.78 is 7.78. The Kier molecular flexibility index (Phi) is 7.76. The van der Waals surface area contributed by atoms with Crippen molar-refractivity contribution in [1.82, 2.24) is 19.7 Å². The van der Waals surface area contributed by atoms with Crippen molar-refractivity contribution in [3.05, 3.63) is 83.5 Å². The maximum Gasteiger partial charge on any atom is 0.236 e. The molecule has 0 bridgehead atoms. The average molecular weight is 492 g/mol. The first-order valence-corrected chi connectivity index (χ1v) is 12.5. The molecule has 34 heavy (non-hydrogen) atoms. The van der Waals surface area contributed by atoms with Crippen LogP contribution in [0.5, 0.6) is 5.75 Å². The number of aryl methyl sites for hydroxylation is 2. The Balaban J connectivity index is 1.37. The van der Waals surface area contributed by atoms with Gasteiger partial charge in [0.2, 0.25) is 5.91 Å². The van der Waals surface area contributed by atoms with Crippen LogP contribution in [0.1, 0.15) is 16.3 Å². The van der Waals surface area contributed by atoms with Crippen molar-refractivity contribution in [1.29, 1.82) is 0 Å². The van der Waals surface area contributed by atoms with Crippen LogP contribution in [0.3, 0.4) is 0 Å². The Morgan fingerprint density at radius 1 is 1.18 bits per heavy atom. The van der Waals surface area contributed by atoms with E-state index in [-0.39, 0.29) is 18.3 Å². The Morgan fingerprint density at radius 2 is 2.00 bits per heavy atom. The number of hydrogen-bond donors (Lipinski definition) is 1. The van der Waals surface area contributed by atoms with E-state index in [1.165, 1.54) is 23.1 Å². The Labute approximate surface area is 206 Å². The fraction of sp³-hybridized carbons (Fsp3) is 0.200. The van der Waals surface area contributed by atoms with Gasteiger partial charge in [-0.3, -0.25) is 9.36 Å². The Bertz CT molecular complexity index is 1280. The highest BCUT2D eigenvalue weighted by Crippen LogP contribution is 2.30. The zero-order chi connectivity index (χ0) is 23.9. The summed E-state index contributed by atoms with van der Waals surface area (Å²) in [5.74, 6) is 1.49. The molecule has 9 heteroatoms. The first-order valence-electron chi connectivity index (χ1n) is 10.7. The maximum atomic E-state index is 12.6. The molecule has 4 aromatic rings. The van der Waals surface area contributed by atoms with Gasteiger partial charge in [0.15, 0.2) is 16.1 Å². The minimum atomic E-state index is -0.149. The fourth-order valence-electron chi connectivity index (χ4n) is 3.30. The molecule has 2 aromatic carbocycles. The van der Waals surface area contributed by atoms with E-state index in [4.69, 9.17) is 4.74 Å². The predicted molar refractivity (Wildman–Crippen MR) is 137 cm³/mol. The number of ether oxygens (including phenoxy) is 1. The molecule has 0 saturated carbocycles. The molecule has 0 aliphatic carbocycles. The number of carbonyl (C=O) groups is 1. The molecule has 0 unspecified atom stereocenters. The van der Waals surface area contributed by atoms with Crippen molar-refractivity contribution in [2.24, 2.45) is 0 Å². The lowest BCUT2D eigenvalue weighted by Gasteiger charge is -2.09. The number of carbonyl (C=O) groups excluding carboxylic acids is 1. The molecule has 0 atom stereocenters. The third kappa shape index (κ3) is 5.92. The molecule has 0 aliphatic rings. The number of aromatic nitrogens is 4. The van der Waals surface area contributed by atoms with E-state index in [1.807, 2.05) is 73.0 Å². The largest absolute Gasteiger partial charge is 0.486 e. The Morgan fingerprint density at radius 3 is 2.76 bits per heavy atom. The smallest absolute Gasteiger partial charge is 0.236 e. The van der Waals surface area contributed by atoms with Crippen molar-refractivity contribution in [3.63, 3.8) is 0 Å². The summed E-state index contributed by atoms with van der Waals surface area (Å²) >= 11 is 2.78. The number of nitrogens with one attached hydrogen (secondary N) is 1. The summed E-state index contributed by atoms with van der Waals surface area (Å²) in [5.41, 5.74) is 3.04. The summed E-state index contributed by atoms with van der Waals surface area (Å²) in [6.07, 6.45) is 1.77. The van der Waals surface area contributed by atoms with Gasteiger partial charge < -0.3 is 10.1 Å². The molecule has 2 aromatic heterocycles. The summed E-state index contributed by atoms with van der Waals surface area (Å²) in [6, 6.07) is 17.8. The molecular weight excluding hydrogens is 466 g/mol. The molecular formula is C25H25N5O2S2. The normalized spacial score (nSPS) is 10.8. The standard InChI is InChI=1S/C25H25N5O2S2/c1-4-13-30-21(15-32-20-12-8-9-17(2)14-20)28-29-25(30)33-16-22(31)26-24-27-23(18(3)34-24)19-10-6-5-7-11-19/h4-12,14H,1,13,15-16H2,2-3H3,(H,26,27,31). The number of allylic oxidation sites excluding steroid dienone is 1. The van der Waals surface area contributed by atoms with Gasteiger partial charge in [0.1, 0.15) is 12.4 Å². The van der Waals surface area contributed by atoms with Crippen molar-refractivity contribution in [2.45, 2.75) is 32.2 Å². The van der Waals surface area contributed by atoms with Crippen LogP contribution >= 0.6 is 23.1 Å².